The third kappa shape index (κ3) is 4.93. The summed E-state index contributed by atoms with van der Waals surface area (Å²) in [5.74, 6) is -0.0333. The summed E-state index contributed by atoms with van der Waals surface area (Å²) >= 11 is 4.69. The van der Waals surface area contributed by atoms with Gasteiger partial charge in [-0.1, -0.05) is 48.5 Å². The minimum Gasteiger partial charge on any atom is -0.352 e. The first kappa shape index (κ1) is 21.7. The normalized spacial score (nSPS) is 20.7. The van der Waals surface area contributed by atoms with Crippen LogP contribution in [0.4, 0.5) is 5.69 Å². The molecule has 7 heteroatoms. The number of ketones is 1. The van der Waals surface area contributed by atoms with Gasteiger partial charge in [0.25, 0.3) is 0 Å². The molecular formula is C22H24BrN3O2S. The van der Waals surface area contributed by atoms with Crippen molar-refractivity contribution in [1.29, 1.82) is 5.26 Å². The molecule has 0 radical (unpaired) electrons. The second-order valence-electron chi connectivity index (χ2n) is 8.12. The Hall–Kier alpha value is -2.04. The van der Waals surface area contributed by atoms with Crippen molar-refractivity contribution < 1.29 is 9.59 Å². The number of carbonyl (C=O) groups is 2. The number of hydrogen-bond donors (Lipinski definition) is 2. The highest BCUT2D eigenvalue weighted by Crippen LogP contribution is 2.45. The molecule has 2 N–H and O–H groups in total. The van der Waals surface area contributed by atoms with Crippen molar-refractivity contribution in [2.45, 2.75) is 40.0 Å². The number of nitriles is 1. The molecule has 1 amide bonds. The van der Waals surface area contributed by atoms with Gasteiger partial charge < -0.3 is 10.6 Å². The molecule has 0 saturated heterocycles. The number of nitrogens with zero attached hydrogens (tertiary/aromatic N) is 1. The minimum absolute atomic E-state index is 0.111. The number of nitrogens with one attached hydrogen (secondary N) is 2. The van der Waals surface area contributed by atoms with E-state index in [9.17, 15) is 14.9 Å². The van der Waals surface area contributed by atoms with Crippen LogP contribution in [0, 0.1) is 22.7 Å². The zero-order valence-electron chi connectivity index (χ0n) is 16.8. The van der Waals surface area contributed by atoms with Crippen LogP contribution in [0.1, 0.15) is 40.0 Å². The van der Waals surface area contributed by atoms with E-state index in [0.717, 1.165) is 27.9 Å². The van der Waals surface area contributed by atoms with Gasteiger partial charge in [-0.15, -0.1) is 0 Å². The molecule has 5 nitrogen and oxygen atoms in total. The fourth-order valence-electron chi connectivity index (χ4n) is 3.88. The molecule has 1 atom stereocenters. The smallest absolute Gasteiger partial charge is 0.234 e. The van der Waals surface area contributed by atoms with Crippen LogP contribution in [-0.2, 0) is 9.59 Å². The Morgan fingerprint density at radius 3 is 2.66 bits per heavy atom. The van der Waals surface area contributed by atoms with Crippen molar-refractivity contribution in [3.05, 3.63) is 50.6 Å². The maximum Gasteiger partial charge on any atom is 0.234 e. The average molecular weight is 474 g/mol. The largest absolute Gasteiger partial charge is 0.352 e. The third-order valence-corrected chi connectivity index (χ3v) is 6.68. The van der Waals surface area contributed by atoms with Crippen LogP contribution >= 0.6 is 27.7 Å². The number of anilines is 1. The molecule has 0 saturated carbocycles. The van der Waals surface area contributed by atoms with Gasteiger partial charge in [0.1, 0.15) is 0 Å². The zero-order chi connectivity index (χ0) is 21.2. The predicted octanol–water partition coefficient (Wildman–Crippen LogP) is 5.13. The number of halogens is 1. The SMILES string of the molecule is CCC1C(C#N)=C(SCC(=O)Nc2ccc(Br)cc2)NC2=C1C(=O)CC(C)(C)C2. The molecule has 1 unspecified atom stereocenters. The first-order valence-electron chi connectivity index (χ1n) is 9.60. The standard InChI is InChI=1S/C22H24BrN3O2S/c1-4-15-16(11-24)21(26-17-9-22(2,3)10-18(27)20(15)17)29-12-19(28)25-14-7-5-13(23)6-8-14/h5-8,15,26H,4,9-10,12H2,1-3H3,(H,25,28). The van der Waals surface area contributed by atoms with Gasteiger partial charge in [-0.2, -0.15) is 5.26 Å². The van der Waals surface area contributed by atoms with E-state index in [-0.39, 0.29) is 28.8 Å². The summed E-state index contributed by atoms with van der Waals surface area (Å²) in [4.78, 5) is 25.2. The molecule has 1 aromatic carbocycles. The van der Waals surface area contributed by atoms with Crippen LogP contribution in [-0.4, -0.2) is 17.4 Å². The zero-order valence-corrected chi connectivity index (χ0v) is 19.2. The highest BCUT2D eigenvalue weighted by molar-refractivity contribution is 9.10. The van der Waals surface area contributed by atoms with E-state index in [0.29, 0.717) is 23.4 Å². The summed E-state index contributed by atoms with van der Waals surface area (Å²) in [5.41, 5.74) is 2.83. The van der Waals surface area contributed by atoms with Gasteiger partial charge >= 0.3 is 0 Å². The molecular weight excluding hydrogens is 450 g/mol. The van der Waals surface area contributed by atoms with E-state index in [1.165, 1.54) is 11.8 Å². The number of allylic oxidation sites excluding steroid dienone is 3. The molecule has 0 bridgehead atoms. The number of rotatable bonds is 5. The molecule has 1 heterocycles. The number of hydrogen-bond acceptors (Lipinski definition) is 5. The number of Topliss-reactive ketones (excluding diaryl/α,β-unsaturated/α-hetero) is 1. The lowest BCUT2D eigenvalue weighted by molar-refractivity contribution is -0.118. The van der Waals surface area contributed by atoms with Crippen molar-refractivity contribution in [3.8, 4) is 6.07 Å². The second kappa shape index (κ2) is 8.76. The monoisotopic (exact) mass is 473 g/mol. The van der Waals surface area contributed by atoms with Gasteiger partial charge in [0, 0.05) is 33.8 Å². The number of benzene rings is 1. The van der Waals surface area contributed by atoms with Crippen molar-refractivity contribution in [2.24, 2.45) is 11.3 Å². The topological polar surface area (TPSA) is 82.0 Å². The molecule has 152 valence electrons. The lowest BCUT2D eigenvalue weighted by atomic mass is 9.70. The lowest BCUT2D eigenvalue weighted by Gasteiger charge is -2.38. The number of thioether (sulfide) groups is 1. The summed E-state index contributed by atoms with van der Waals surface area (Å²) in [5, 5.41) is 16.6. The van der Waals surface area contributed by atoms with Crippen LogP contribution < -0.4 is 10.6 Å². The first-order chi connectivity index (χ1) is 13.7. The molecule has 3 rings (SSSR count). The van der Waals surface area contributed by atoms with Crippen LogP contribution in [0.2, 0.25) is 0 Å². The van der Waals surface area contributed by atoms with E-state index in [1.807, 2.05) is 31.2 Å². The Labute approximate surface area is 184 Å². The third-order valence-electron chi connectivity index (χ3n) is 5.13. The van der Waals surface area contributed by atoms with E-state index in [1.54, 1.807) is 0 Å². The highest BCUT2D eigenvalue weighted by Gasteiger charge is 2.40. The molecule has 1 aliphatic carbocycles. The van der Waals surface area contributed by atoms with Gasteiger partial charge in [0.15, 0.2) is 5.78 Å². The quantitative estimate of drug-likeness (QED) is 0.619. The summed E-state index contributed by atoms with van der Waals surface area (Å²) in [7, 11) is 0. The summed E-state index contributed by atoms with van der Waals surface area (Å²) < 4.78 is 0.944. The molecule has 1 aromatic rings. The Kier molecular flexibility index (Phi) is 6.55. The molecule has 2 aliphatic rings. The average Bonchev–Trinajstić information content (AvgIpc) is 2.65. The van der Waals surface area contributed by atoms with E-state index < -0.39 is 0 Å². The molecule has 0 aromatic heterocycles. The summed E-state index contributed by atoms with van der Waals surface area (Å²) in [6.45, 7) is 6.16. The lowest BCUT2D eigenvalue weighted by Crippen LogP contribution is -2.37. The van der Waals surface area contributed by atoms with E-state index >= 15 is 0 Å². The molecule has 0 spiro atoms. The fraction of sp³-hybridized carbons (Fsp3) is 0.409. The van der Waals surface area contributed by atoms with Crippen LogP contribution in [0.5, 0.6) is 0 Å². The molecule has 1 aliphatic heterocycles. The van der Waals surface area contributed by atoms with Gasteiger partial charge in [-0.25, -0.2) is 0 Å². The maximum absolute atomic E-state index is 12.8. The Balaban J connectivity index is 1.76. The number of carbonyl (C=O) groups excluding carboxylic acids is 2. The van der Waals surface area contributed by atoms with Crippen LogP contribution in [0.15, 0.2) is 50.6 Å². The number of dihydropyridines is 1. The maximum atomic E-state index is 12.8. The van der Waals surface area contributed by atoms with Crippen molar-refractivity contribution in [1.82, 2.24) is 5.32 Å². The highest BCUT2D eigenvalue weighted by atomic mass is 79.9. The molecule has 29 heavy (non-hydrogen) atoms. The first-order valence-corrected chi connectivity index (χ1v) is 11.4. The van der Waals surface area contributed by atoms with Crippen LogP contribution in [0.25, 0.3) is 0 Å². The van der Waals surface area contributed by atoms with Gasteiger partial charge in [0.2, 0.25) is 5.91 Å². The van der Waals surface area contributed by atoms with Crippen molar-refractivity contribution >= 4 is 45.1 Å². The van der Waals surface area contributed by atoms with E-state index in [2.05, 4.69) is 46.5 Å². The second-order valence-corrected chi connectivity index (χ2v) is 10.0. The Morgan fingerprint density at radius 2 is 2.03 bits per heavy atom. The number of amides is 1. The van der Waals surface area contributed by atoms with Crippen LogP contribution in [0.3, 0.4) is 0 Å². The van der Waals surface area contributed by atoms with Gasteiger partial charge in [-0.3, -0.25) is 9.59 Å². The fourth-order valence-corrected chi connectivity index (χ4v) is 5.03. The van der Waals surface area contributed by atoms with E-state index in [4.69, 9.17) is 0 Å². The predicted molar refractivity (Wildman–Crippen MR) is 120 cm³/mol. The Bertz CT molecular complexity index is 942. The summed E-state index contributed by atoms with van der Waals surface area (Å²) in [6.07, 6.45) is 1.95. The molecule has 0 fully saturated rings. The minimum atomic E-state index is -0.197. The Morgan fingerprint density at radius 1 is 1.34 bits per heavy atom. The summed E-state index contributed by atoms with van der Waals surface area (Å²) in [6, 6.07) is 9.66. The van der Waals surface area contributed by atoms with Crippen molar-refractivity contribution in [3.63, 3.8) is 0 Å². The van der Waals surface area contributed by atoms with Crippen molar-refractivity contribution in [2.75, 3.05) is 11.1 Å². The van der Waals surface area contributed by atoms with Gasteiger partial charge in [-0.05, 0) is 42.5 Å². The van der Waals surface area contributed by atoms with Gasteiger partial charge in [0.05, 0.1) is 22.4 Å².